The molecule has 1 fully saturated rings. The minimum Gasteiger partial charge on any atom is -0.365 e. The molecule has 1 aliphatic heterocycles. The molecule has 3 rings (SSSR count). The lowest BCUT2D eigenvalue weighted by Crippen LogP contribution is -2.37. The molecule has 0 radical (unpaired) electrons. The Hall–Kier alpha value is -1.64. The van der Waals surface area contributed by atoms with E-state index in [2.05, 4.69) is 72.5 Å². The number of ether oxygens (including phenoxy) is 1. The zero-order chi connectivity index (χ0) is 15.9. The van der Waals surface area contributed by atoms with E-state index >= 15 is 0 Å². The zero-order valence-electron chi connectivity index (χ0n) is 14.0. The zero-order valence-corrected chi connectivity index (χ0v) is 14.0. The Bertz CT molecular complexity index is 522. The summed E-state index contributed by atoms with van der Waals surface area (Å²) < 4.78 is 6.56. The highest BCUT2D eigenvalue weighted by Gasteiger charge is 2.24. The maximum atomic E-state index is 6.56. The quantitative estimate of drug-likeness (QED) is 0.714. The van der Waals surface area contributed by atoms with Crippen LogP contribution >= 0.6 is 0 Å². The molecule has 2 heteroatoms. The van der Waals surface area contributed by atoms with Crippen LogP contribution in [0.4, 0.5) is 0 Å². The fourth-order valence-corrected chi connectivity index (χ4v) is 3.38. The summed E-state index contributed by atoms with van der Waals surface area (Å²) in [5.74, 6) is 0. The van der Waals surface area contributed by atoms with Crippen LogP contribution in [-0.2, 0) is 4.74 Å². The van der Waals surface area contributed by atoms with Gasteiger partial charge in [0.25, 0.3) is 0 Å². The van der Waals surface area contributed by atoms with E-state index in [1.54, 1.807) is 0 Å². The van der Waals surface area contributed by atoms with Crippen LogP contribution in [-0.4, -0.2) is 30.6 Å². The van der Waals surface area contributed by atoms with Crippen LogP contribution in [0.15, 0.2) is 60.7 Å². The van der Waals surface area contributed by atoms with E-state index < -0.39 is 0 Å². The summed E-state index contributed by atoms with van der Waals surface area (Å²) in [6.07, 6.45) is 3.91. The largest absolute Gasteiger partial charge is 0.365 e. The smallest absolute Gasteiger partial charge is 0.108 e. The number of hydrogen-bond acceptors (Lipinski definition) is 2. The van der Waals surface area contributed by atoms with Gasteiger partial charge in [0.05, 0.1) is 6.10 Å². The van der Waals surface area contributed by atoms with Crippen LogP contribution in [0.1, 0.15) is 50.8 Å². The molecule has 1 saturated heterocycles. The maximum absolute atomic E-state index is 6.56. The summed E-state index contributed by atoms with van der Waals surface area (Å²) in [5, 5.41) is 0. The van der Waals surface area contributed by atoms with Gasteiger partial charge < -0.3 is 9.64 Å². The average molecular weight is 325 g/mol. The van der Waals surface area contributed by atoms with Gasteiger partial charge in [-0.25, -0.2) is 0 Å². The predicted octanol–water partition coefficient (Wildman–Crippen LogP) is 5.30. The third-order valence-corrected chi connectivity index (χ3v) is 4.61. The van der Waals surface area contributed by atoms with Crippen LogP contribution < -0.4 is 0 Å². The number of hydrogen-bond donors (Lipinski definition) is 0. The highest BCUT2D eigenvalue weighted by molar-refractivity contribution is 5.30. The number of likely N-dealkylation sites (tertiary alicyclic amines) is 1. The molecule has 0 spiro atoms. The van der Waals surface area contributed by atoms with Gasteiger partial charge >= 0.3 is 0 Å². The Balaban J connectivity index is 0.00000208. The molecule has 130 valence electrons. The van der Waals surface area contributed by atoms with Crippen molar-refractivity contribution in [3.63, 3.8) is 0 Å². The van der Waals surface area contributed by atoms with E-state index in [-0.39, 0.29) is 13.5 Å². The van der Waals surface area contributed by atoms with E-state index in [0.717, 1.165) is 25.9 Å². The number of rotatable bonds is 6. The lowest BCUT2D eigenvalue weighted by Gasteiger charge is -2.34. The molecule has 0 atom stereocenters. The second kappa shape index (κ2) is 9.61. The summed E-state index contributed by atoms with van der Waals surface area (Å²) in [4.78, 5) is 2.56. The van der Waals surface area contributed by atoms with Gasteiger partial charge in [-0.15, -0.1) is 0 Å². The Morgan fingerprint density at radius 3 is 1.88 bits per heavy atom. The van der Waals surface area contributed by atoms with E-state index in [9.17, 15) is 0 Å². The molecule has 0 N–H and O–H groups in total. The molecular weight excluding hydrogens is 294 g/mol. The number of nitrogens with zero attached hydrogens (tertiary/aromatic N) is 1. The van der Waals surface area contributed by atoms with Crippen LogP contribution in [0.3, 0.4) is 0 Å². The maximum Gasteiger partial charge on any atom is 0.108 e. The first-order valence-corrected chi connectivity index (χ1v) is 8.84. The first-order chi connectivity index (χ1) is 11.4. The normalized spacial score (nSPS) is 16.1. The van der Waals surface area contributed by atoms with E-state index in [4.69, 9.17) is 4.74 Å². The van der Waals surface area contributed by atoms with Crippen molar-refractivity contribution in [1.82, 2.24) is 4.90 Å². The molecule has 2 aromatic carbocycles. The molecule has 0 bridgehead atoms. The molecule has 1 aliphatic rings. The summed E-state index contributed by atoms with van der Waals surface area (Å²) in [7, 11) is 0. The molecule has 2 aromatic rings. The molecule has 0 saturated carbocycles. The first-order valence-electron chi connectivity index (χ1n) is 8.84. The van der Waals surface area contributed by atoms with E-state index in [1.165, 1.54) is 24.1 Å². The summed E-state index contributed by atoms with van der Waals surface area (Å²) in [6.45, 7) is 5.79. The number of benzene rings is 2. The standard InChI is InChI=1S/C21H27NO.CH4/c1-2-15-22-16-13-20(14-17-22)23-21(18-9-5-3-6-10-18)19-11-7-4-8-12-19;/h3-12,20-21H,2,13-17H2,1H3;1H4. The Kier molecular flexibility index (Phi) is 7.48. The van der Waals surface area contributed by atoms with Crippen LogP contribution in [0, 0.1) is 0 Å². The molecule has 0 amide bonds. The van der Waals surface area contributed by atoms with Crippen molar-refractivity contribution in [1.29, 1.82) is 0 Å². The molecule has 1 heterocycles. The summed E-state index contributed by atoms with van der Waals surface area (Å²) >= 11 is 0. The van der Waals surface area contributed by atoms with Crippen molar-refractivity contribution >= 4 is 0 Å². The van der Waals surface area contributed by atoms with Crippen LogP contribution in [0.25, 0.3) is 0 Å². The molecule has 0 aliphatic carbocycles. The minimum absolute atomic E-state index is 0. The van der Waals surface area contributed by atoms with Crippen LogP contribution in [0.2, 0.25) is 0 Å². The topological polar surface area (TPSA) is 12.5 Å². The molecule has 0 aromatic heterocycles. The minimum atomic E-state index is 0. The van der Waals surface area contributed by atoms with Gasteiger partial charge in [-0.3, -0.25) is 0 Å². The fourth-order valence-electron chi connectivity index (χ4n) is 3.38. The van der Waals surface area contributed by atoms with Crippen molar-refractivity contribution in [3.8, 4) is 0 Å². The van der Waals surface area contributed by atoms with Crippen molar-refractivity contribution in [2.24, 2.45) is 0 Å². The molecule has 24 heavy (non-hydrogen) atoms. The van der Waals surface area contributed by atoms with Crippen molar-refractivity contribution in [2.75, 3.05) is 19.6 Å². The highest BCUT2D eigenvalue weighted by atomic mass is 16.5. The third kappa shape index (κ3) is 4.93. The van der Waals surface area contributed by atoms with Gasteiger partial charge in [-0.1, -0.05) is 75.0 Å². The second-order valence-electron chi connectivity index (χ2n) is 6.38. The van der Waals surface area contributed by atoms with Gasteiger partial charge in [0.2, 0.25) is 0 Å². The van der Waals surface area contributed by atoms with Crippen molar-refractivity contribution in [2.45, 2.75) is 45.8 Å². The van der Waals surface area contributed by atoms with Gasteiger partial charge in [0.15, 0.2) is 0 Å². The fraction of sp³-hybridized carbons (Fsp3) is 0.455. The van der Waals surface area contributed by atoms with Crippen LogP contribution in [0.5, 0.6) is 0 Å². The Morgan fingerprint density at radius 2 is 1.42 bits per heavy atom. The first kappa shape index (κ1) is 18.7. The summed E-state index contributed by atoms with van der Waals surface area (Å²) in [5.41, 5.74) is 2.49. The molecule has 0 unspecified atom stereocenters. The SMILES string of the molecule is C.CCCN1CCC(OC(c2ccccc2)c2ccccc2)CC1. The Labute approximate surface area is 147 Å². The van der Waals surface area contributed by atoms with Gasteiger partial charge in [-0.2, -0.15) is 0 Å². The molecule has 2 nitrogen and oxygen atoms in total. The second-order valence-corrected chi connectivity index (χ2v) is 6.38. The van der Waals surface area contributed by atoms with E-state index in [0.29, 0.717) is 6.10 Å². The monoisotopic (exact) mass is 325 g/mol. The van der Waals surface area contributed by atoms with E-state index in [1.807, 2.05) is 0 Å². The van der Waals surface area contributed by atoms with Gasteiger partial charge in [0.1, 0.15) is 6.10 Å². The van der Waals surface area contributed by atoms with Crippen molar-refractivity contribution in [3.05, 3.63) is 71.8 Å². The lowest BCUT2D eigenvalue weighted by atomic mass is 10.00. The Morgan fingerprint density at radius 1 is 0.917 bits per heavy atom. The lowest BCUT2D eigenvalue weighted by molar-refractivity contribution is -0.0268. The highest BCUT2D eigenvalue weighted by Crippen LogP contribution is 2.29. The summed E-state index contributed by atoms with van der Waals surface area (Å²) in [6, 6.07) is 21.2. The average Bonchev–Trinajstić information content (AvgIpc) is 2.63. The molecular formula is C22H31NO. The van der Waals surface area contributed by atoms with Gasteiger partial charge in [-0.05, 0) is 36.9 Å². The third-order valence-electron chi connectivity index (χ3n) is 4.61. The van der Waals surface area contributed by atoms with Gasteiger partial charge in [0, 0.05) is 13.1 Å². The predicted molar refractivity (Wildman–Crippen MR) is 102 cm³/mol. The number of piperidine rings is 1. The van der Waals surface area contributed by atoms with Crippen molar-refractivity contribution < 1.29 is 4.74 Å².